The van der Waals surface area contributed by atoms with E-state index in [4.69, 9.17) is 11.6 Å². The van der Waals surface area contributed by atoms with Gasteiger partial charge in [0.2, 0.25) is 0 Å². The molecular formula is C15H20ClNOS. The first-order chi connectivity index (χ1) is 8.90. The lowest BCUT2D eigenvalue weighted by molar-refractivity contribution is 0.0356. The lowest BCUT2D eigenvalue weighted by Crippen LogP contribution is -2.38. The molecule has 2 rings (SSSR count). The Labute approximate surface area is 123 Å². The van der Waals surface area contributed by atoms with Gasteiger partial charge in [-0.2, -0.15) is 0 Å². The molecule has 0 bridgehead atoms. The van der Waals surface area contributed by atoms with Gasteiger partial charge in [0, 0.05) is 28.1 Å². The first-order valence-corrected chi connectivity index (χ1v) is 7.71. The van der Waals surface area contributed by atoms with Gasteiger partial charge in [0.05, 0.1) is 10.6 Å². The second kappa shape index (κ2) is 5.80. The molecule has 0 spiro atoms. The standard InChI is InChI=1S/C15H20ClNOS/c1-4-17(10-15(2,3)18)9-13-14(16)11-7-5-6-8-12(11)19-13/h5-8,18H,4,9-10H2,1-3H3. The molecule has 0 aliphatic carbocycles. The van der Waals surface area contributed by atoms with E-state index >= 15 is 0 Å². The molecule has 0 unspecified atom stereocenters. The fraction of sp³-hybridized carbons (Fsp3) is 0.467. The Balaban J connectivity index is 2.22. The normalized spacial score (nSPS) is 12.5. The smallest absolute Gasteiger partial charge is 0.0718 e. The van der Waals surface area contributed by atoms with E-state index < -0.39 is 5.60 Å². The molecule has 0 amide bonds. The van der Waals surface area contributed by atoms with E-state index in [2.05, 4.69) is 24.0 Å². The average Bonchev–Trinajstić information content (AvgIpc) is 2.64. The molecule has 4 heteroatoms. The summed E-state index contributed by atoms with van der Waals surface area (Å²) in [7, 11) is 0. The molecule has 0 fully saturated rings. The molecule has 1 N–H and O–H groups in total. The summed E-state index contributed by atoms with van der Waals surface area (Å²) in [5, 5.41) is 11.9. The fourth-order valence-corrected chi connectivity index (χ4v) is 3.73. The van der Waals surface area contributed by atoms with Crippen molar-refractivity contribution in [2.45, 2.75) is 32.9 Å². The highest BCUT2D eigenvalue weighted by Crippen LogP contribution is 2.35. The first kappa shape index (κ1) is 14.8. The van der Waals surface area contributed by atoms with Gasteiger partial charge in [0.25, 0.3) is 0 Å². The van der Waals surface area contributed by atoms with Gasteiger partial charge in [0.15, 0.2) is 0 Å². The lowest BCUT2D eigenvalue weighted by Gasteiger charge is -2.27. The molecule has 1 aromatic heterocycles. The van der Waals surface area contributed by atoms with Crippen LogP contribution in [0.3, 0.4) is 0 Å². The summed E-state index contributed by atoms with van der Waals surface area (Å²) < 4.78 is 1.22. The molecule has 2 nitrogen and oxygen atoms in total. The van der Waals surface area contributed by atoms with Gasteiger partial charge in [-0.1, -0.05) is 36.7 Å². The van der Waals surface area contributed by atoms with Gasteiger partial charge in [-0.25, -0.2) is 0 Å². The van der Waals surface area contributed by atoms with Crippen molar-refractivity contribution in [2.75, 3.05) is 13.1 Å². The SMILES string of the molecule is CCN(Cc1sc2ccccc2c1Cl)CC(C)(C)O. The zero-order valence-corrected chi connectivity index (χ0v) is 13.2. The highest BCUT2D eigenvalue weighted by molar-refractivity contribution is 7.19. The molecule has 0 atom stereocenters. The van der Waals surface area contributed by atoms with Gasteiger partial charge in [0.1, 0.15) is 0 Å². The molecule has 1 aromatic carbocycles. The Kier molecular flexibility index (Phi) is 4.51. The van der Waals surface area contributed by atoms with E-state index in [1.54, 1.807) is 11.3 Å². The monoisotopic (exact) mass is 297 g/mol. The molecule has 0 aliphatic rings. The van der Waals surface area contributed by atoms with Crippen molar-refractivity contribution in [3.05, 3.63) is 34.2 Å². The van der Waals surface area contributed by atoms with Crippen LogP contribution in [0, 0.1) is 0 Å². The Bertz CT molecular complexity index is 559. The van der Waals surface area contributed by atoms with Crippen LogP contribution < -0.4 is 0 Å². The van der Waals surface area contributed by atoms with Gasteiger partial charge in [-0.3, -0.25) is 4.90 Å². The van der Waals surface area contributed by atoms with Gasteiger partial charge < -0.3 is 5.11 Å². The summed E-state index contributed by atoms with van der Waals surface area (Å²) in [4.78, 5) is 3.39. The van der Waals surface area contributed by atoms with Gasteiger partial charge in [-0.05, 0) is 26.5 Å². The number of nitrogens with zero attached hydrogens (tertiary/aromatic N) is 1. The minimum Gasteiger partial charge on any atom is -0.389 e. The Hall–Kier alpha value is -0.610. The number of benzene rings is 1. The summed E-state index contributed by atoms with van der Waals surface area (Å²) in [5.41, 5.74) is -0.681. The molecule has 1 heterocycles. The van der Waals surface area contributed by atoms with Crippen LogP contribution in [-0.4, -0.2) is 28.7 Å². The Morgan fingerprint density at radius 2 is 2.00 bits per heavy atom. The van der Waals surface area contributed by atoms with Crippen LogP contribution in [0.5, 0.6) is 0 Å². The number of rotatable bonds is 5. The zero-order chi connectivity index (χ0) is 14.0. The maximum absolute atomic E-state index is 9.94. The van der Waals surface area contributed by atoms with Crippen molar-refractivity contribution in [3.63, 3.8) is 0 Å². The topological polar surface area (TPSA) is 23.5 Å². The molecule has 0 radical (unpaired) electrons. The molecule has 19 heavy (non-hydrogen) atoms. The van der Waals surface area contributed by atoms with Crippen LogP contribution in [0.1, 0.15) is 25.6 Å². The van der Waals surface area contributed by atoms with E-state index in [0.717, 1.165) is 23.5 Å². The van der Waals surface area contributed by atoms with Crippen molar-refractivity contribution in [1.29, 1.82) is 0 Å². The van der Waals surface area contributed by atoms with Crippen LogP contribution in [0.4, 0.5) is 0 Å². The molecule has 0 saturated carbocycles. The fourth-order valence-electron chi connectivity index (χ4n) is 2.20. The molecular weight excluding hydrogens is 278 g/mol. The van der Waals surface area contributed by atoms with Crippen molar-refractivity contribution < 1.29 is 5.11 Å². The molecule has 104 valence electrons. The van der Waals surface area contributed by atoms with Gasteiger partial charge in [-0.15, -0.1) is 11.3 Å². The average molecular weight is 298 g/mol. The second-order valence-corrected chi connectivity index (χ2v) is 6.97. The number of hydrogen-bond donors (Lipinski definition) is 1. The molecule has 0 aliphatic heterocycles. The van der Waals surface area contributed by atoms with E-state index in [1.807, 2.05) is 26.0 Å². The van der Waals surface area contributed by atoms with Crippen LogP contribution in [0.15, 0.2) is 24.3 Å². The van der Waals surface area contributed by atoms with Crippen LogP contribution in [0.2, 0.25) is 5.02 Å². The van der Waals surface area contributed by atoms with Crippen molar-refractivity contribution in [3.8, 4) is 0 Å². The number of thiophene rings is 1. The summed E-state index contributed by atoms with van der Waals surface area (Å²) in [6.07, 6.45) is 0. The summed E-state index contributed by atoms with van der Waals surface area (Å²) in [5.74, 6) is 0. The van der Waals surface area contributed by atoms with E-state index in [0.29, 0.717) is 6.54 Å². The quantitative estimate of drug-likeness (QED) is 0.896. The van der Waals surface area contributed by atoms with Crippen LogP contribution in [-0.2, 0) is 6.54 Å². The van der Waals surface area contributed by atoms with Gasteiger partial charge >= 0.3 is 0 Å². The largest absolute Gasteiger partial charge is 0.389 e. The third kappa shape index (κ3) is 3.69. The molecule has 0 saturated heterocycles. The first-order valence-electron chi connectivity index (χ1n) is 6.51. The van der Waals surface area contributed by atoms with Crippen molar-refractivity contribution in [2.24, 2.45) is 0 Å². The van der Waals surface area contributed by atoms with E-state index in [-0.39, 0.29) is 0 Å². The summed E-state index contributed by atoms with van der Waals surface area (Å²) in [6, 6.07) is 8.21. The second-order valence-electron chi connectivity index (χ2n) is 5.45. The predicted molar refractivity (Wildman–Crippen MR) is 84.1 cm³/mol. The van der Waals surface area contributed by atoms with E-state index in [1.165, 1.54) is 9.58 Å². The number of aliphatic hydroxyl groups is 1. The highest BCUT2D eigenvalue weighted by Gasteiger charge is 2.19. The maximum Gasteiger partial charge on any atom is 0.0718 e. The summed E-state index contributed by atoms with van der Waals surface area (Å²) >= 11 is 8.19. The van der Waals surface area contributed by atoms with Crippen molar-refractivity contribution in [1.82, 2.24) is 4.90 Å². The third-order valence-electron chi connectivity index (χ3n) is 3.03. The Morgan fingerprint density at radius 3 is 2.58 bits per heavy atom. The number of likely N-dealkylation sites (N-methyl/N-ethyl adjacent to an activating group) is 1. The minimum absolute atomic E-state index is 0.647. The molecule has 2 aromatic rings. The number of hydrogen-bond acceptors (Lipinski definition) is 3. The number of halogens is 1. The van der Waals surface area contributed by atoms with Crippen LogP contribution in [0.25, 0.3) is 10.1 Å². The minimum atomic E-state index is -0.681. The zero-order valence-electron chi connectivity index (χ0n) is 11.6. The summed E-state index contributed by atoms with van der Waals surface area (Å²) in [6.45, 7) is 8.11. The van der Waals surface area contributed by atoms with Crippen LogP contribution >= 0.6 is 22.9 Å². The predicted octanol–water partition coefficient (Wildman–Crippen LogP) is 4.15. The lowest BCUT2D eigenvalue weighted by atomic mass is 10.1. The Morgan fingerprint density at radius 1 is 1.32 bits per heavy atom. The van der Waals surface area contributed by atoms with Crippen molar-refractivity contribution >= 4 is 33.0 Å². The maximum atomic E-state index is 9.94. The van der Waals surface area contributed by atoms with E-state index in [9.17, 15) is 5.11 Å². The highest BCUT2D eigenvalue weighted by atomic mass is 35.5. The third-order valence-corrected chi connectivity index (χ3v) is 4.73. The number of fused-ring (bicyclic) bond motifs is 1.